The Morgan fingerprint density at radius 1 is 1.00 bits per heavy atom. The molecule has 0 heterocycles. The van der Waals surface area contributed by atoms with Gasteiger partial charge in [0.2, 0.25) is 0 Å². The second-order valence-corrected chi connectivity index (χ2v) is 5.06. The normalized spacial score (nSPS) is 10.7. The Bertz CT molecular complexity index is 560. The molecule has 2 nitrogen and oxygen atoms in total. The molecule has 0 saturated heterocycles. The lowest BCUT2D eigenvalue weighted by atomic mass is 10.1. The van der Waals surface area contributed by atoms with Crippen LogP contribution in [0.15, 0.2) is 46.9 Å². The standard InChI is InChI=1S/C15H15BrFNO/c16-15-4-2-1-3-12(15)10-19-9-11-5-6-14(17)7-13(11)8-18/h1-7H,8-10,18H2. The third kappa shape index (κ3) is 3.86. The summed E-state index contributed by atoms with van der Waals surface area (Å²) >= 11 is 3.47. The van der Waals surface area contributed by atoms with Crippen molar-refractivity contribution in [2.24, 2.45) is 5.73 Å². The summed E-state index contributed by atoms with van der Waals surface area (Å²) in [4.78, 5) is 0. The number of ether oxygens (including phenoxy) is 1. The third-order valence-corrected chi connectivity index (χ3v) is 3.63. The van der Waals surface area contributed by atoms with Crippen LogP contribution in [0.2, 0.25) is 0 Å². The minimum absolute atomic E-state index is 0.269. The number of halogens is 2. The molecule has 2 rings (SSSR count). The maximum absolute atomic E-state index is 13.1. The second-order valence-electron chi connectivity index (χ2n) is 4.20. The Kier molecular flexibility index (Phi) is 5.07. The molecular formula is C15H15BrFNO. The van der Waals surface area contributed by atoms with Crippen LogP contribution in [0.25, 0.3) is 0 Å². The van der Waals surface area contributed by atoms with Crippen LogP contribution >= 0.6 is 15.9 Å². The van der Waals surface area contributed by atoms with Crippen molar-refractivity contribution in [3.63, 3.8) is 0 Å². The molecule has 0 fully saturated rings. The molecule has 4 heteroatoms. The largest absolute Gasteiger partial charge is 0.372 e. The summed E-state index contributed by atoms with van der Waals surface area (Å²) in [5, 5.41) is 0. The van der Waals surface area contributed by atoms with E-state index in [0.29, 0.717) is 19.8 Å². The van der Waals surface area contributed by atoms with E-state index in [9.17, 15) is 4.39 Å². The van der Waals surface area contributed by atoms with E-state index in [2.05, 4.69) is 15.9 Å². The van der Waals surface area contributed by atoms with Gasteiger partial charge in [0.1, 0.15) is 5.82 Å². The average Bonchev–Trinajstić information content (AvgIpc) is 2.42. The first kappa shape index (κ1) is 14.2. The highest BCUT2D eigenvalue weighted by molar-refractivity contribution is 9.10. The molecule has 0 saturated carbocycles. The molecule has 0 aliphatic heterocycles. The van der Waals surface area contributed by atoms with Gasteiger partial charge in [-0.3, -0.25) is 0 Å². The van der Waals surface area contributed by atoms with Crippen molar-refractivity contribution in [1.29, 1.82) is 0 Å². The highest BCUT2D eigenvalue weighted by Crippen LogP contribution is 2.18. The van der Waals surface area contributed by atoms with Gasteiger partial charge in [0.15, 0.2) is 0 Å². The molecule has 100 valence electrons. The number of nitrogens with two attached hydrogens (primary N) is 1. The van der Waals surface area contributed by atoms with Crippen LogP contribution in [0, 0.1) is 5.82 Å². The Labute approximate surface area is 120 Å². The molecule has 0 unspecified atom stereocenters. The molecule has 2 aromatic rings. The minimum Gasteiger partial charge on any atom is -0.372 e. The number of rotatable bonds is 5. The number of hydrogen-bond donors (Lipinski definition) is 1. The summed E-state index contributed by atoms with van der Waals surface area (Å²) in [6.07, 6.45) is 0. The summed E-state index contributed by atoms with van der Waals surface area (Å²) in [6, 6.07) is 12.5. The molecule has 2 N–H and O–H groups in total. The molecular weight excluding hydrogens is 309 g/mol. The van der Waals surface area contributed by atoms with E-state index >= 15 is 0 Å². The summed E-state index contributed by atoms with van der Waals surface area (Å²) in [5.74, 6) is -0.269. The zero-order valence-electron chi connectivity index (χ0n) is 10.4. The second kappa shape index (κ2) is 6.80. The van der Waals surface area contributed by atoms with Gasteiger partial charge in [-0.1, -0.05) is 40.2 Å². The number of benzene rings is 2. The summed E-state index contributed by atoms with van der Waals surface area (Å²) in [6.45, 7) is 1.24. The van der Waals surface area contributed by atoms with Gasteiger partial charge < -0.3 is 10.5 Å². The first-order chi connectivity index (χ1) is 9.20. The van der Waals surface area contributed by atoms with Crippen molar-refractivity contribution in [3.05, 3.63) is 69.4 Å². The minimum atomic E-state index is -0.269. The lowest BCUT2D eigenvalue weighted by Crippen LogP contribution is -2.04. The first-order valence-electron chi connectivity index (χ1n) is 5.99. The van der Waals surface area contributed by atoms with Gasteiger partial charge in [-0.15, -0.1) is 0 Å². The van der Waals surface area contributed by atoms with Crippen LogP contribution in [0.5, 0.6) is 0 Å². The molecule has 19 heavy (non-hydrogen) atoms. The molecule has 0 amide bonds. The van der Waals surface area contributed by atoms with E-state index in [4.69, 9.17) is 10.5 Å². The van der Waals surface area contributed by atoms with Gasteiger partial charge in [0.05, 0.1) is 13.2 Å². The topological polar surface area (TPSA) is 35.2 Å². The summed E-state index contributed by atoms with van der Waals surface area (Å²) < 4.78 is 19.8. The smallest absolute Gasteiger partial charge is 0.123 e. The van der Waals surface area contributed by atoms with Crippen molar-refractivity contribution in [2.45, 2.75) is 19.8 Å². The average molecular weight is 324 g/mol. The van der Waals surface area contributed by atoms with Crippen LogP contribution in [-0.2, 0) is 24.5 Å². The molecule has 2 aromatic carbocycles. The molecule has 0 spiro atoms. The van der Waals surface area contributed by atoms with Crippen LogP contribution < -0.4 is 5.73 Å². The molecule has 0 atom stereocenters. The van der Waals surface area contributed by atoms with Gasteiger partial charge in [0, 0.05) is 11.0 Å². The van der Waals surface area contributed by atoms with E-state index in [0.717, 1.165) is 21.2 Å². The first-order valence-corrected chi connectivity index (χ1v) is 6.78. The van der Waals surface area contributed by atoms with Crippen molar-refractivity contribution in [1.82, 2.24) is 0 Å². The molecule has 0 aliphatic carbocycles. The molecule has 0 aliphatic rings. The van der Waals surface area contributed by atoms with E-state index in [-0.39, 0.29) is 5.82 Å². The van der Waals surface area contributed by atoms with Gasteiger partial charge in [-0.05, 0) is 34.9 Å². The van der Waals surface area contributed by atoms with E-state index < -0.39 is 0 Å². The van der Waals surface area contributed by atoms with Crippen molar-refractivity contribution in [3.8, 4) is 0 Å². The van der Waals surface area contributed by atoms with Gasteiger partial charge in [0.25, 0.3) is 0 Å². The molecule has 0 radical (unpaired) electrons. The lowest BCUT2D eigenvalue weighted by molar-refractivity contribution is 0.106. The highest BCUT2D eigenvalue weighted by atomic mass is 79.9. The predicted molar refractivity (Wildman–Crippen MR) is 76.9 cm³/mol. The maximum atomic E-state index is 13.1. The van der Waals surface area contributed by atoms with Gasteiger partial charge in [-0.2, -0.15) is 0 Å². The Morgan fingerprint density at radius 3 is 2.47 bits per heavy atom. The maximum Gasteiger partial charge on any atom is 0.123 e. The fourth-order valence-corrected chi connectivity index (χ4v) is 2.21. The van der Waals surface area contributed by atoms with Crippen molar-refractivity contribution >= 4 is 15.9 Å². The van der Waals surface area contributed by atoms with E-state index in [1.165, 1.54) is 12.1 Å². The zero-order chi connectivity index (χ0) is 13.7. The third-order valence-electron chi connectivity index (χ3n) is 2.86. The van der Waals surface area contributed by atoms with Crippen molar-refractivity contribution in [2.75, 3.05) is 0 Å². The monoisotopic (exact) mass is 323 g/mol. The number of hydrogen-bond acceptors (Lipinski definition) is 2. The van der Waals surface area contributed by atoms with Crippen molar-refractivity contribution < 1.29 is 9.13 Å². The van der Waals surface area contributed by atoms with Gasteiger partial charge >= 0.3 is 0 Å². The summed E-state index contributed by atoms with van der Waals surface area (Å²) in [7, 11) is 0. The lowest BCUT2D eigenvalue weighted by Gasteiger charge is -2.10. The van der Waals surface area contributed by atoms with Crippen LogP contribution in [0.4, 0.5) is 4.39 Å². The quantitative estimate of drug-likeness (QED) is 0.909. The van der Waals surface area contributed by atoms with Crippen LogP contribution in [-0.4, -0.2) is 0 Å². The fourth-order valence-electron chi connectivity index (χ4n) is 1.81. The van der Waals surface area contributed by atoms with Gasteiger partial charge in [-0.25, -0.2) is 4.39 Å². The molecule has 0 aromatic heterocycles. The van der Waals surface area contributed by atoms with Crippen LogP contribution in [0.3, 0.4) is 0 Å². The van der Waals surface area contributed by atoms with E-state index in [1.807, 2.05) is 24.3 Å². The Hall–Kier alpha value is -1.23. The Morgan fingerprint density at radius 2 is 1.74 bits per heavy atom. The predicted octanol–water partition coefficient (Wildman–Crippen LogP) is 3.76. The Balaban J connectivity index is 1.98. The SMILES string of the molecule is NCc1cc(F)ccc1COCc1ccccc1Br. The van der Waals surface area contributed by atoms with Crippen LogP contribution in [0.1, 0.15) is 16.7 Å². The van der Waals surface area contributed by atoms with E-state index in [1.54, 1.807) is 6.07 Å². The fraction of sp³-hybridized carbons (Fsp3) is 0.200. The summed E-state index contributed by atoms with van der Waals surface area (Å²) in [5.41, 5.74) is 8.39. The highest BCUT2D eigenvalue weighted by Gasteiger charge is 2.04. The molecule has 0 bridgehead atoms. The zero-order valence-corrected chi connectivity index (χ0v) is 12.0.